The first kappa shape index (κ1) is 13.9. The van der Waals surface area contributed by atoms with Crippen LogP contribution in [0.15, 0.2) is 22.7 Å². The summed E-state index contributed by atoms with van der Waals surface area (Å²) in [5, 5.41) is 0. The Morgan fingerprint density at radius 1 is 1.44 bits per heavy atom. The number of hydrogen-bond donors (Lipinski definition) is 0. The van der Waals surface area contributed by atoms with Crippen molar-refractivity contribution in [1.29, 1.82) is 0 Å². The number of nitrogens with zero attached hydrogens (tertiary/aromatic N) is 1. The van der Waals surface area contributed by atoms with E-state index in [-0.39, 0.29) is 11.4 Å². The van der Waals surface area contributed by atoms with E-state index >= 15 is 0 Å². The van der Waals surface area contributed by atoms with E-state index in [0.29, 0.717) is 18.0 Å². The van der Waals surface area contributed by atoms with Crippen LogP contribution in [-0.2, 0) is 6.54 Å². The summed E-state index contributed by atoms with van der Waals surface area (Å²) in [5.74, 6) is 0.333. The van der Waals surface area contributed by atoms with E-state index in [1.165, 1.54) is 6.07 Å². The average Bonchev–Trinajstić information content (AvgIpc) is 2.23. The van der Waals surface area contributed by atoms with Gasteiger partial charge in [-0.1, -0.05) is 15.9 Å². The second-order valence-corrected chi connectivity index (χ2v) is 5.72. The zero-order chi connectivity index (χ0) is 12.3. The molecule has 0 amide bonds. The lowest BCUT2D eigenvalue weighted by Crippen LogP contribution is -2.42. The van der Waals surface area contributed by atoms with Gasteiger partial charge in [-0.25, -0.2) is 4.39 Å². The first-order chi connectivity index (χ1) is 7.36. The quantitative estimate of drug-likeness (QED) is 0.759. The molecule has 1 nitrogen and oxygen atoms in total. The smallest absolute Gasteiger partial charge is 0.127 e. The summed E-state index contributed by atoms with van der Waals surface area (Å²) in [6.07, 6.45) is 0. The first-order valence-corrected chi connectivity index (χ1v) is 6.40. The zero-order valence-electron chi connectivity index (χ0n) is 9.73. The molecule has 0 bridgehead atoms. The third kappa shape index (κ3) is 3.44. The van der Waals surface area contributed by atoms with Gasteiger partial charge in [0.2, 0.25) is 0 Å². The van der Waals surface area contributed by atoms with E-state index < -0.39 is 0 Å². The molecular weight excluding hydrogens is 292 g/mol. The number of alkyl halides is 1. The molecular formula is C12H16BrClFN. The summed E-state index contributed by atoms with van der Waals surface area (Å²) in [6.45, 7) is 4.62. The molecule has 1 aromatic carbocycles. The van der Waals surface area contributed by atoms with Gasteiger partial charge in [-0.15, -0.1) is 11.6 Å². The van der Waals surface area contributed by atoms with E-state index in [9.17, 15) is 4.39 Å². The molecule has 90 valence electrons. The summed E-state index contributed by atoms with van der Waals surface area (Å²) in [5.41, 5.74) is 0.533. The predicted molar refractivity (Wildman–Crippen MR) is 70.4 cm³/mol. The van der Waals surface area contributed by atoms with E-state index in [2.05, 4.69) is 15.9 Å². The Balaban J connectivity index is 2.84. The Labute approximate surface area is 110 Å². The largest absolute Gasteiger partial charge is 0.296 e. The van der Waals surface area contributed by atoms with Crippen LogP contribution >= 0.6 is 27.5 Å². The van der Waals surface area contributed by atoms with Crippen LogP contribution in [0.5, 0.6) is 0 Å². The third-order valence-electron chi connectivity index (χ3n) is 2.78. The number of benzene rings is 1. The topological polar surface area (TPSA) is 3.24 Å². The van der Waals surface area contributed by atoms with Crippen molar-refractivity contribution < 1.29 is 4.39 Å². The molecule has 1 aromatic rings. The number of halogens is 3. The highest BCUT2D eigenvalue weighted by Crippen LogP contribution is 2.21. The van der Waals surface area contributed by atoms with Crippen molar-refractivity contribution in [3.05, 3.63) is 34.1 Å². The molecule has 0 fully saturated rings. The molecule has 0 aliphatic heterocycles. The first-order valence-electron chi connectivity index (χ1n) is 5.08. The molecule has 0 unspecified atom stereocenters. The molecule has 0 N–H and O–H groups in total. The minimum atomic E-state index is -0.180. The normalized spacial score (nSPS) is 12.2. The molecule has 0 radical (unpaired) electrons. The van der Waals surface area contributed by atoms with Gasteiger partial charge in [0.25, 0.3) is 0 Å². The van der Waals surface area contributed by atoms with Crippen molar-refractivity contribution in [2.75, 3.05) is 12.9 Å². The maximum atomic E-state index is 13.5. The van der Waals surface area contributed by atoms with Crippen molar-refractivity contribution in [3.8, 4) is 0 Å². The fourth-order valence-corrected chi connectivity index (χ4v) is 1.85. The van der Waals surface area contributed by atoms with Crippen LogP contribution in [-0.4, -0.2) is 23.4 Å². The fraction of sp³-hybridized carbons (Fsp3) is 0.500. The summed E-state index contributed by atoms with van der Waals surface area (Å²) in [4.78, 5) is 2.05. The molecule has 0 saturated carbocycles. The van der Waals surface area contributed by atoms with Crippen LogP contribution in [0, 0.1) is 5.82 Å². The molecule has 0 aromatic heterocycles. The molecule has 16 heavy (non-hydrogen) atoms. The van der Waals surface area contributed by atoms with E-state index in [1.54, 1.807) is 12.1 Å². The molecule has 1 rings (SSSR count). The van der Waals surface area contributed by atoms with Gasteiger partial charge in [-0.3, -0.25) is 4.90 Å². The Kier molecular flexibility index (Phi) is 4.77. The van der Waals surface area contributed by atoms with Crippen molar-refractivity contribution in [3.63, 3.8) is 0 Å². The zero-order valence-corrected chi connectivity index (χ0v) is 12.1. The standard InChI is InChI=1S/C12H16BrClFN/c1-12(2,8-14)16(3)7-9-6-10(13)4-5-11(9)15/h4-6H,7-8H2,1-3H3. The second-order valence-electron chi connectivity index (χ2n) is 4.54. The van der Waals surface area contributed by atoms with Crippen molar-refractivity contribution in [2.24, 2.45) is 0 Å². The lowest BCUT2D eigenvalue weighted by molar-refractivity contribution is 0.169. The van der Waals surface area contributed by atoms with Crippen LogP contribution in [0.25, 0.3) is 0 Å². The van der Waals surface area contributed by atoms with E-state index in [0.717, 1.165) is 4.47 Å². The molecule has 0 saturated heterocycles. The predicted octanol–water partition coefficient (Wildman–Crippen LogP) is 4.04. The highest BCUT2D eigenvalue weighted by atomic mass is 79.9. The van der Waals surface area contributed by atoms with Gasteiger partial charge in [-0.05, 0) is 39.1 Å². The number of hydrogen-bond acceptors (Lipinski definition) is 1. The fourth-order valence-electron chi connectivity index (χ4n) is 1.24. The van der Waals surface area contributed by atoms with Crippen LogP contribution in [0.4, 0.5) is 4.39 Å². The molecule has 0 atom stereocenters. The summed E-state index contributed by atoms with van der Waals surface area (Å²) in [6, 6.07) is 4.97. The van der Waals surface area contributed by atoms with Gasteiger partial charge in [0.15, 0.2) is 0 Å². The van der Waals surface area contributed by atoms with Gasteiger partial charge in [0.05, 0.1) is 0 Å². The lowest BCUT2D eigenvalue weighted by Gasteiger charge is -2.33. The van der Waals surface area contributed by atoms with Crippen molar-refractivity contribution in [2.45, 2.75) is 25.9 Å². The monoisotopic (exact) mass is 307 g/mol. The highest BCUT2D eigenvalue weighted by molar-refractivity contribution is 9.10. The van der Waals surface area contributed by atoms with Crippen molar-refractivity contribution >= 4 is 27.5 Å². The van der Waals surface area contributed by atoms with Gasteiger partial charge >= 0.3 is 0 Å². The van der Waals surface area contributed by atoms with Gasteiger partial charge in [0, 0.05) is 28.0 Å². The average molecular weight is 309 g/mol. The maximum Gasteiger partial charge on any atom is 0.127 e. The van der Waals surface area contributed by atoms with Gasteiger partial charge in [-0.2, -0.15) is 0 Å². The Morgan fingerprint density at radius 2 is 2.06 bits per heavy atom. The second kappa shape index (κ2) is 5.48. The number of rotatable bonds is 4. The molecule has 0 aliphatic rings. The highest BCUT2D eigenvalue weighted by Gasteiger charge is 2.23. The summed E-state index contributed by atoms with van der Waals surface area (Å²) >= 11 is 9.22. The van der Waals surface area contributed by atoms with Crippen molar-refractivity contribution in [1.82, 2.24) is 4.90 Å². The van der Waals surface area contributed by atoms with Crippen LogP contribution in [0.2, 0.25) is 0 Å². The SMILES string of the molecule is CN(Cc1cc(Br)ccc1F)C(C)(C)CCl. The van der Waals surface area contributed by atoms with Gasteiger partial charge < -0.3 is 0 Å². The van der Waals surface area contributed by atoms with E-state index in [1.807, 2.05) is 25.8 Å². The van der Waals surface area contributed by atoms with Crippen LogP contribution in [0.3, 0.4) is 0 Å². The lowest BCUT2D eigenvalue weighted by atomic mass is 10.1. The summed E-state index contributed by atoms with van der Waals surface area (Å²) < 4.78 is 14.4. The molecule has 0 heterocycles. The molecule has 0 aliphatic carbocycles. The minimum Gasteiger partial charge on any atom is -0.296 e. The molecule has 0 spiro atoms. The molecule has 4 heteroatoms. The summed E-state index contributed by atoms with van der Waals surface area (Å²) in [7, 11) is 1.95. The Morgan fingerprint density at radius 3 is 2.62 bits per heavy atom. The Bertz CT molecular complexity index is 368. The van der Waals surface area contributed by atoms with Crippen LogP contribution < -0.4 is 0 Å². The van der Waals surface area contributed by atoms with Gasteiger partial charge in [0.1, 0.15) is 5.82 Å². The van der Waals surface area contributed by atoms with E-state index in [4.69, 9.17) is 11.6 Å². The van der Waals surface area contributed by atoms with Crippen LogP contribution in [0.1, 0.15) is 19.4 Å². The third-order valence-corrected chi connectivity index (χ3v) is 3.92. The Hall–Kier alpha value is -0.120. The maximum absolute atomic E-state index is 13.5. The minimum absolute atomic E-state index is 0.143.